The van der Waals surface area contributed by atoms with Crippen LogP contribution in [0.5, 0.6) is 11.5 Å². The highest BCUT2D eigenvalue weighted by Crippen LogP contribution is 2.32. The average Bonchev–Trinajstić information content (AvgIpc) is 3.14. The zero-order valence-corrected chi connectivity index (χ0v) is 15.4. The zero-order valence-electron chi connectivity index (χ0n) is 15.4. The molecule has 3 rings (SSSR count). The predicted octanol–water partition coefficient (Wildman–Crippen LogP) is 2.22. The second-order valence-electron chi connectivity index (χ2n) is 6.82. The van der Waals surface area contributed by atoms with Gasteiger partial charge in [-0.3, -0.25) is 14.5 Å². The number of carbonyl (C=O) groups is 2. The maximum absolute atomic E-state index is 12.4. The van der Waals surface area contributed by atoms with E-state index in [1.807, 2.05) is 23.1 Å². The Bertz CT molecular complexity index is 696. The monoisotopic (exact) mass is 374 g/mol. The lowest BCUT2D eigenvalue weighted by Gasteiger charge is -2.34. The lowest BCUT2D eigenvalue weighted by molar-refractivity contribution is -0.137. The topological polar surface area (TPSA) is 79.3 Å². The minimum absolute atomic E-state index is 0.0220. The number of carboxylic acid groups (broad SMARTS) is 1. The third-order valence-electron chi connectivity index (χ3n) is 4.86. The summed E-state index contributed by atoms with van der Waals surface area (Å²) in [6, 6.07) is 5.62. The fourth-order valence-electron chi connectivity index (χ4n) is 3.27. The van der Waals surface area contributed by atoms with Gasteiger partial charge in [0.1, 0.15) is 0 Å². The highest BCUT2D eigenvalue weighted by atomic mass is 16.7. The van der Waals surface area contributed by atoms with Gasteiger partial charge in [0, 0.05) is 38.7 Å². The van der Waals surface area contributed by atoms with Gasteiger partial charge < -0.3 is 19.5 Å². The number of rotatable bonds is 8. The van der Waals surface area contributed by atoms with Crippen LogP contribution < -0.4 is 9.47 Å². The molecule has 0 bridgehead atoms. The van der Waals surface area contributed by atoms with Gasteiger partial charge in [-0.1, -0.05) is 12.5 Å². The smallest absolute Gasteiger partial charge is 0.303 e. The third kappa shape index (κ3) is 5.72. The van der Waals surface area contributed by atoms with Crippen molar-refractivity contribution in [1.82, 2.24) is 9.80 Å². The van der Waals surface area contributed by atoms with Gasteiger partial charge in [-0.05, 0) is 43.2 Å². The maximum atomic E-state index is 12.4. The van der Waals surface area contributed by atoms with E-state index in [1.165, 1.54) is 0 Å². The van der Waals surface area contributed by atoms with E-state index in [9.17, 15) is 9.59 Å². The van der Waals surface area contributed by atoms with Gasteiger partial charge in [0.15, 0.2) is 11.5 Å². The van der Waals surface area contributed by atoms with E-state index >= 15 is 0 Å². The van der Waals surface area contributed by atoms with E-state index < -0.39 is 5.97 Å². The molecule has 1 aromatic rings. The van der Waals surface area contributed by atoms with Crippen LogP contribution in [0.25, 0.3) is 6.08 Å². The molecule has 1 saturated heterocycles. The second kappa shape index (κ2) is 9.41. The van der Waals surface area contributed by atoms with Crippen LogP contribution in [0, 0.1) is 0 Å². The Labute approximate surface area is 159 Å². The molecule has 0 atom stereocenters. The Morgan fingerprint density at radius 3 is 2.59 bits per heavy atom. The first kappa shape index (κ1) is 19.2. The molecule has 146 valence electrons. The van der Waals surface area contributed by atoms with Crippen molar-refractivity contribution in [2.24, 2.45) is 0 Å². The minimum atomic E-state index is -0.726. The minimum Gasteiger partial charge on any atom is -0.481 e. The number of benzene rings is 1. The summed E-state index contributed by atoms with van der Waals surface area (Å²) in [5.74, 6) is 0.740. The van der Waals surface area contributed by atoms with Crippen molar-refractivity contribution in [3.05, 3.63) is 29.8 Å². The van der Waals surface area contributed by atoms with Crippen molar-refractivity contribution in [2.75, 3.05) is 39.5 Å². The summed E-state index contributed by atoms with van der Waals surface area (Å²) < 4.78 is 10.6. The number of carboxylic acids is 1. The van der Waals surface area contributed by atoms with Gasteiger partial charge in [-0.25, -0.2) is 0 Å². The Morgan fingerprint density at radius 1 is 1.04 bits per heavy atom. The lowest BCUT2D eigenvalue weighted by Crippen LogP contribution is -2.48. The molecule has 1 aromatic carbocycles. The molecule has 0 aliphatic carbocycles. The van der Waals surface area contributed by atoms with E-state index in [0.717, 1.165) is 63.3 Å². The summed E-state index contributed by atoms with van der Waals surface area (Å²) in [6.45, 7) is 4.38. The Morgan fingerprint density at radius 2 is 1.81 bits per heavy atom. The van der Waals surface area contributed by atoms with E-state index in [4.69, 9.17) is 14.6 Å². The van der Waals surface area contributed by atoms with Gasteiger partial charge in [0.05, 0.1) is 0 Å². The molecule has 0 aromatic heterocycles. The van der Waals surface area contributed by atoms with Crippen LogP contribution in [0.1, 0.15) is 31.2 Å². The van der Waals surface area contributed by atoms with Gasteiger partial charge in [0.2, 0.25) is 12.7 Å². The molecule has 7 nitrogen and oxygen atoms in total. The van der Waals surface area contributed by atoms with Crippen LogP contribution in [-0.2, 0) is 9.59 Å². The number of hydrogen-bond donors (Lipinski definition) is 1. The first-order valence-electron chi connectivity index (χ1n) is 9.42. The Balaban J connectivity index is 1.37. The third-order valence-corrected chi connectivity index (χ3v) is 4.86. The number of piperazine rings is 1. The normalized spacial score (nSPS) is 16.8. The van der Waals surface area contributed by atoms with E-state index in [-0.39, 0.29) is 19.1 Å². The molecule has 2 aliphatic rings. The Kier molecular flexibility index (Phi) is 6.70. The molecule has 0 spiro atoms. The molecular formula is C20H26N2O5. The summed E-state index contributed by atoms with van der Waals surface area (Å²) >= 11 is 0. The highest BCUT2D eigenvalue weighted by molar-refractivity contribution is 5.92. The standard InChI is InChI=1S/C20H26N2O5/c23-19(8-6-16-5-7-17-18(14-16)27-15-26-17)22-12-10-21(11-13-22)9-3-1-2-4-20(24)25/h5-8,14H,1-4,9-13,15H2,(H,24,25)/b8-6+. The first-order chi connectivity index (χ1) is 13.1. The maximum Gasteiger partial charge on any atom is 0.303 e. The summed E-state index contributed by atoms with van der Waals surface area (Å²) in [4.78, 5) is 27.1. The van der Waals surface area contributed by atoms with E-state index in [2.05, 4.69) is 4.90 Å². The number of fused-ring (bicyclic) bond motifs is 1. The molecule has 1 amide bonds. The van der Waals surface area contributed by atoms with Gasteiger partial charge >= 0.3 is 5.97 Å². The number of carbonyl (C=O) groups excluding carboxylic acids is 1. The largest absolute Gasteiger partial charge is 0.481 e. The summed E-state index contributed by atoms with van der Waals surface area (Å²) in [5.41, 5.74) is 0.910. The molecular weight excluding hydrogens is 348 g/mol. The van der Waals surface area contributed by atoms with E-state index in [1.54, 1.807) is 12.2 Å². The molecule has 1 N–H and O–H groups in total. The van der Waals surface area contributed by atoms with Crippen molar-refractivity contribution in [2.45, 2.75) is 25.7 Å². The fraction of sp³-hybridized carbons (Fsp3) is 0.500. The number of hydrogen-bond acceptors (Lipinski definition) is 5. The SMILES string of the molecule is O=C(O)CCCCCN1CCN(C(=O)/C=C/c2ccc3c(c2)OCO3)CC1. The number of aliphatic carboxylic acids is 1. The Hall–Kier alpha value is -2.54. The lowest BCUT2D eigenvalue weighted by atomic mass is 10.1. The van der Waals surface area contributed by atoms with Gasteiger partial charge in [-0.2, -0.15) is 0 Å². The van der Waals surface area contributed by atoms with Crippen LogP contribution in [0.15, 0.2) is 24.3 Å². The summed E-state index contributed by atoms with van der Waals surface area (Å²) in [6.07, 6.45) is 6.34. The highest BCUT2D eigenvalue weighted by Gasteiger charge is 2.19. The number of unbranched alkanes of at least 4 members (excludes halogenated alkanes) is 2. The summed E-state index contributed by atoms with van der Waals surface area (Å²) in [5, 5.41) is 8.64. The second-order valence-corrected chi connectivity index (χ2v) is 6.82. The molecule has 1 fully saturated rings. The first-order valence-corrected chi connectivity index (χ1v) is 9.42. The van der Waals surface area contributed by atoms with Crippen LogP contribution in [0.4, 0.5) is 0 Å². The quantitative estimate of drug-likeness (QED) is 0.555. The molecule has 0 saturated carbocycles. The molecule has 0 radical (unpaired) electrons. The number of amides is 1. The molecule has 2 aliphatic heterocycles. The van der Waals surface area contributed by atoms with E-state index in [0.29, 0.717) is 5.75 Å². The van der Waals surface area contributed by atoms with Crippen LogP contribution in [-0.4, -0.2) is 66.3 Å². The molecule has 27 heavy (non-hydrogen) atoms. The zero-order chi connectivity index (χ0) is 19.1. The van der Waals surface area contributed by atoms with Crippen molar-refractivity contribution < 1.29 is 24.2 Å². The van der Waals surface area contributed by atoms with Crippen molar-refractivity contribution in [1.29, 1.82) is 0 Å². The van der Waals surface area contributed by atoms with Crippen molar-refractivity contribution in [3.63, 3.8) is 0 Å². The van der Waals surface area contributed by atoms with Gasteiger partial charge in [-0.15, -0.1) is 0 Å². The van der Waals surface area contributed by atoms with Crippen LogP contribution >= 0.6 is 0 Å². The predicted molar refractivity (Wildman–Crippen MR) is 101 cm³/mol. The summed E-state index contributed by atoms with van der Waals surface area (Å²) in [7, 11) is 0. The van der Waals surface area contributed by atoms with Gasteiger partial charge in [0.25, 0.3) is 0 Å². The molecule has 7 heteroatoms. The van der Waals surface area contributed by atoms with Crippen molar-refractivity contribution >= 4 is 18.0 Å². The van der Waals surface area contributed by atoms with Crippen LogP contribution in [0.2, 0.25) is 0 Å². The van der Waals surface area contributed by atoms with Crippen LogP contribution in [0.3, 0.4) is 0 Å². The fourth-order valence-corrected chi connectivity index (χ4v) is 3.27. The average molecular weight is 374 g/mol. The number of ether oxygens (including phenoxy) is 2. The van der Waals surface area contributed by atoms with Crippen molar-refractivity contribution in [3.8, 4) is 11.5 Å². The number of nitrogens with zero attached hydrogens (tertiary/aromatic N) is 2. The molecule has 0 unspecified atom stereocenters. The molecule has 2 heterocycles.